The average Bonchev–Trinajstić information content (AvgIpc) is 2.14. The van der Waals surface area contributed by atoms with Crippen LogP contribution in [0.5, 0.6) is 0 Å². The standard InChI is InChI=1S/C12H25NS/c1-5-6-12(8-7-10(2)3)13-11(4)9-14/h10,12-14H,4-9H2,1-3H3. The first kappa shape index (κ1) is 13.9. The zero-order valence-corrected chi connectivity index (χ0v) is 10.7. The van der Waals surface area contributed by atoms with Crippen LogP contribution in [0.3, 0.4) is 0 Å². The Morgan fingerprint density at radius 1 is 1.29 bits per heavy atom. The maximum atomic E-state index is 4.20. The average molecular weight is 215 g/mol. The van der Waals surface area contributed by atoms with Crippen LogP contribution < -0.4 is 5.32 Å². The van der Waals surface area contributed by atoms with E-state index >= 15 is 0 Å². The van der Waals surface area contributed by atoms with Crippen LogP contribution in [0.4, 0.5) is 0 Å². The maximum Gasteiger partial charge on any atom is 0.0296 e. The highest BCUT2D eigenvalue weighted by molar-refractivity contribution is 7.80. The smallest absolute Gasteiger partial charge is 0.0296 e. The second-order valence-electron chi connectivity index (χ2n) is 4.36. The minimum Gasteiger partial charge on any atom is -0.385 e. The third-order valence-corrected chi connectivity index (χ3v) is 2.71. The fraction of sp³-hybridized carbons (Fsp3) is 0.833. The van der Waals surface area contributed by atoms with Crippen molar-refractivity contribution in [2.45, 2.75) is 52.5 Å². The van der Waals surface area contributed by atoms with Crippen LogP contribution >= 0.6 is 12.6 Å². The Bertz CT molecular complexity index is 154. The Morgan fingerprint density at radius 2 is 1.93 bits per heavy atom. The minimum absolute atomic E-state index is 0.599. The van der Waals surface area contributed by atoms with Crippen LogP contribution in [-0.2, 0) is 0 Å². The van der Waals surface area contributed by atoms with E-state index in [2.05, 4.69) is 45.3 Å². The van der Waals surface area contributed by atoms with Crippen LogP contribution in [0.2, 0.25) is 0 Å². The molecule has 0 rings (SSSR count). The van der Waals surface area contributed by atoms with Crippen LogP contribution in [0.15, 0.2) is 12.3 Å². The normalized spacial score (nSPS) is 12.9. The lowest BCUT2D eigenvalue weighted by Gasteiger charge is -2.21. The van der Waals surface area contributed by atoms with Crippen LogP contribution in [0, 0.1) is 5.92 Å². The molecule has 1 nitrogen and oxygen atoms in total. The Labute approximate surface area is 94.8 Å². The van der Waals surface area contributed by atoms with Gasteiger partial charge < -0.3 is 5.32 Å². The van der Waals surface area contributed by atoms with Crippen molar-refractivity contribution >= 4 is 12.6 Å². The summed E-state index contributed by atoms with van der Waals surface area (Å²) < 4.78 is 0. The van der Waals surface area contributed by atoms with E-state index in [1.165, 1.54) is 25.7 Å². The van der Waals surface area contributed by atoms with E-state index in [0.717, 1.165) is 17.4 Å². The van der Waals surface area contributed by atoms with Gasteiger partial charge in [-0.3, -0.25) is 0 Å². The zero-order chi connectivity index (χ0) is 11.0. The molecule has 0 bridgehead atoms. The molecular formula is C12H25NS. The lowest BCUT2D eigenvalue weighted by atomic mass is 10.0. The molecule has 0 aliphatic heterocycles. The molecule has 0 heterocycles. The van der Waals surface area contributed by atoms with E-state index in [1.54, 1.807) is 0 Å². The quantitative estimate of drug-likeness (QED) is 0.589. The molecule has 0 aromatic rings. The summed E-state index contributed by atoms with van der Waals surface area (Å²) in [5.41, 5.74) is 1.05. The summed E-state index contributed by atoms with van der Waals surface area (Å²) in [6.45, 7) is 10.7. The summed E-state index contributed by atoms with van der Waals surface area (Å²) in [6.07, 6.45) is 5.00. The van der Waals surface area contributed by atoms with Gasteiger partial charge in [0.25, 0.3) is 0 Å². The first-order chi connectivity index (χ1) is 6.60. The van der Waals surface area contributed by atoms with E-state index in [0.29, 0.717) is 6.04 Å². The molecule has 0 saturated carbocycles. The summed E-state index contributed by atoms with van der Waals surface area (Å²) >= 11 is 4.20. The molecule has 1 N–H and O–H groups in total. The number of nitrogens with one attached hydrogen (secondary N) is 1. The van der Waals surface area contributed by atoms with Crippen molar-refractivity contribution in [1.29, 1.82) is 0 Å². The largest absolute Gasteiger partial charge is 0.385 e. The molecule has 0 aromatic carbocycles. The highest BCUT2D eigenvalue weighted by atomic mass is 32.1. The van der Waals surface area contributed by atoms with Crippen molar-refractivity contribution in [3.05, 3.63) is 12.3 Å². The van der Waals surface area contributed by atoms with Gasteiger partial charge in [-0.25, -0.2) is 0 Å². The van der Waals surface area contributed by atoms with Gasteiger partial charge in [-0.1, -0.05) is 33.8 Å². The van der Waals surface area contributed by atoms with E-state index in [4.69, 9.17) is 0 Å². The molecule has 1 atom stereocenters. The molecule has 0 aliphatic rings. The first-order valence-electron chi connectivity index (χ1n) is 5.65. The molecule has 2 heteroatoms. The lowest BCUT2D eigenvalue weighted by molar-refractivity contribution is 0.433. The molecule has 0 fully saturated rings. The predicted molar refractivity (Wildman–Crippen MR) is 68.9 cm³/mol. The number of hydrogen-bond donors (Lipinski definition) is 2. The van der Waals surface area contributed by atoms with Gasteiger partial charge in [0.1, 0.15) is 0 Å². The van der Waals surface area contributed by atoms with E-state index in [1.807, 2.05) is 0 Å². The Morgan fingerprint density at radius 3 is 2.36 bits per heavy atom. The first-order valence-corrected chi connectivity index (χ1v) is 6.28. The fourth-order valence-electron chi connectivity index (χ4n) is 1.51. The van der Waals surface area contributed by atoms with Crippen molar-refractivity contribution in [2.75, 3.05) is 5.75 Å². The molecule has 0 amide bonds. The van der Waals surface area contributed by atoms with E-state index < -0.39 is 0 Å². The second kappa shape index (κ2) is 8.22. The van der Waals surface area contributed by atoms with Crippen LogP contribution in [0.25, 0.3) is 0 Å². The Hall–Kier alpha value is -0.110. The van der Waals surface area contributed by atoms with Crippen LogP contribution in [0.1, 0.15) is 46.5 Å². The molecule has 1 unspecified atom stereocenters. The second-order valence-corrected chi connectivity index (χ2v) is 4.68. The monoisotopic (exact) mass is 215 g/mol. The van der Waals surface area contributed by atoms with E-state index in [9.17, 15) is 0 Å². The highest BCUT2D eigenvalue weighted by Crippen LogP contribution is 2.11. The summed E-state index contributed by atoms with van der Waals surface area (Å²) in [5, 5.41) is 3.45. The number of hydrogen-bond acceptors (Lipinski definition) is 2. The summed E-state index contributed by atoms with van der Waals surface area (Å²) in [4.78, 5) is 0. The molecule has 14 heavy (non-hydrogen) atoms. The molecule has 0 aromatic heterocycles. The fourth-order valence-corrected chi connectivity index (χ4v) is 1.60. The van der Waals surface area contributed by atoms with Gasteiger partial charge in [-0.05, 0) is 25.2 Å². The van der Waals surface area contributed by atoms with Crippen molar-refractivity contribution in [1.82, 2.24) is 5.32 Å². The summed E-state index contributed by atoms with van der Waals surface area (Å²) in [6, 6.07) is 0.599. The minimum atomic E-state index is 0.599. The van der Waals surface area contributed by atoms with Gasteiger partial charge >= 0.3 is 0 Å². The van der Waals surface area contributed by atoms with Gasteiger partial charge in [-0.2, -0.15) is 12.6 Å². The number of thiol groups is 1. The van der Waals surface area contributed by atoms with Crippen molar-refractivity contribution < 1.29 is 0 Å². The van der Waals surface area contributed by atoms with Gasteiger partial charge in [0.05, 0.1) is 0 Å². The van der Waals surface area contributed by atoms with Gasteiger partial charge in [-0.15, -0.1) is 0 Å². The van der Waals surface area contributed by atoms with Gasteiger partial charge in [0.15, 0.2) is 0 Å². The lowest BCUT2D eigenvalue weighted by Crippen LogP contribution is -2.28. The third-order valence-electron chi connectivity index (χ3n) is 2.33. The summed E-state index contributed by atoms with van der Waals surface area (Å²) in [7, 11) is 0. The molecule has 0 saturated heterocycles. The highest BCUT2D eigenvalue weighted by Gasteiger charge is 2.08. The van der Waals surface area contributed by atoms with E-state index in [-0.39, 0.29) is 0 Å². The molecule has 84 valence electrons. The molecular weight excluding hydrogens is 190 g/mol. The predicted octanol–water partition coefficient (Wildman–Crippen LogP) is 3.62. The molecule has 0 aliphatic carbocycles. The van der Waals surface area contributed by atoms with Gasteiger partial charge in [0.2, 0.25) is 0 Å². The molecule has 0 radical (unpaired) electrons. The van der Waals surface area contributed by atoms with Crippen molar-refractivity contribution in [3.63, 3.8) is 0 Å². The third kappa shape index (κ3) is 7.31. The number of rotatable bonds is 8. The Balaban J connectivity index is 3.82. The zero-order valence-electron chi connectivity index (χ0n) is 9.84. The Kier molecular flexibility index (Phi) is 8.15. The van der Waals surface area contributed by atoms with Crippen molar-refractivity contribution in [2.24, 2.45) is 5.92 Å². The van der Waals surface area contributed by atoms with Gasteiger partial charge in [0, 0.05) is 17.5 Å². The maximum absolute atomic E-state index is 4.20. The van der Waals surface area contributed by atoms with Crippen LogP contribution in [-0.4, -0.2) is 11.8 Å². The topological polar surface area (TPSA) is 12.0 Å². The molecule has 0 spiro atoms. The SMILES string of the molecule is C=C(CS)NC(CCC)CCC(C)C. The summed E-state index contributed by atoms with van der Waals surface area (Å²) in [5.74, 6) is 1.53. The van der Waals surface area contributed by atoms with Crippen molar-refractivity contribution in [3.8, 4) is 0 Å².